The maximum absolute atomic E-state index is 13.0. The van der Waals surface area contributed by atoms with Crippen LogP contribution in [0, 0.1) is 13.8 Å². The number of carbonyl (C=O) groups is 2. The molecule has 7 heteroatoms. The average Bonchev–Trinajstić information content (AvgIpc) is 3.33. The van der Waals surface area contributed by atoms with Crippen LogP contribution < -0.4 is 10.2 Å². The van der Waals surface area contributed by atoms with E-state index >= 15 is 0 Å². The van der Waals surface area contributed by atoms with Crippen LogP contribution in [-0.4, -0.2) is 47.9 Å². The highest BCUT2D eigenvalue weighted by atomic mass is 32.1. The molecule has 0 bridgehead atoms. The van der Waals surface area contributed by atoms with Crippen molar-refractivity contribution in [2.75, 3.05) is 31.1 Å². The lowest BCUT2D eigenvalue weighted by atomic mass is 10.0. The maximum atomic E-state index is 13.0. The van der Waals surface area contributed by atoms with Crippen LogP contribution in [0.4, 0.5) is 5.82 Å². The number of pyridine rings is 1. The average molecular weight is 435 g/mol. The monoisotopic (exact) mass is 434 g/mol. The minimum absolute atomic E-state index is 0.0655. The van der Waals surface area contributed by atoms with E-state index in [0.717, 1.165) is 21.6 Å². The molecule has 0 saturated carbocycles. The predicted octanol–water partition coefficient (Wildman–Crippen LogP) is 3.65. The molecule has 2 amide bonds. The number of nitrogens with one attached hydrogen (secondary N) is 1. The zero-order valence-electron chi connectivity index (χ0n) is 17.8. The first-order chi connectivity index (χ1) is 15.0. The van der Waals surface area contributed by atoms with Gasteiger partial charge in [0.25, 0.3) is 11.8 Å². The molecule has 6 nitrogen and oxygen atoms in total. The van der Waals surface area contributed by atoms with E-state index in [1.165, 1.54) is 0 Å². The molecule has 1 N–H and O–H groups in total. The van der Waals surface area contributed by atoms with E-state index in [4.69, 9.17) is 0 Å². The highest BCUT2D eigenvalue weighted by molar-refractivity contribution is 7.09. The first-order valence-corrected chi connectivity index (χ1v) is 11.3. The molecule has 1 aliphatic heterocycles. The zero-order chi connectivity index (χ0) is 21.8. The van der Waals surface area contributed by atoms with Gasteiger partial charge in [-0.1, -0.05) is 18.2 Å². The summed E-state index contributed by atoms with van der Waals surface area (Å²) in [5.41, 5.74) is 3.48. The van der Waals surface area contributed by atoms with Gasteiger partial charge in [0.2, 0.25) is 0 Å². The summed E-state index contributed by atoms with van der Waals surface area (Å²) >= 11 is 1.62. The molecule has 1 saturated heterocycles. The highest BCUT2D eigenvalue weighted by Crippen LogP contribution is 2.21. The molecule has 0 spiro atoms. The van der Waals surface area contributed by atoms with E-state index in [9.17, 15) is 9.59 Å². The summed E-state index contributed by atoms with van der Waals surface area (Å²) in [6.07, 6.45) is 1.71. The van der Waals surface area contributed by atoms with Gasteiger partial charge in [-0.25, -0.2) is 4.98 Å². The van der Waals surface area contributed by atoms with Gasteiger partial charge in [0, 0.05) is 42.8 Å². The standard InChI is InChI=1S/C24H26N4O2S/c1-17-6-3-8-20(18(17)2)24(30)28-13-11-27(12-14-28)22-21(9-4-10-25-22)23(29)26-16-19-7-5-15-31-19/h3-10,15H,11-14,16H2,1-2H3,(H,26,29). The Morgan fingerprint density at radius 2 is 1.77 bits per heavy atom. The van der Waals surface area contributed by atoms with Gasteiger partial charge >= 0.3 is 0 Å². The number of nitrogens with zero attached hydrogens (tertiary/aromatic N) is 3. The lowest BCUT2D eigenvalue weighted by Gasteiger charge is -2.36. The second-order valence-electron chi connectivity index (χ2n) is 7.66. The van der Waals surface area contributed by atoms with Crippen molar-refractivity contribution in [3.05, 3.63) is 81.2 Å². The SMILES string of the molecule is Cc1cccc(C(=O)N2CCN(c3ncccc3C(=O)NCc3cccs3)CC2)c1C. The third-order valence-electron chi connectivity index (χ3n) is 5.74. The highest BCUT2D eigenvalue weighted by Gasteiger charge is 2.26. The number of hydrogen-bond donors (Lipinski definition) is 1. The number of benzene rings is 1. The molecule has 2 aromatic heterocycles. The van der Waals surface area contributed by atoms with Gasteiger partial charge in [0.15, 0.2) is 0 Å². The van der Waals surface area contributed by atoms with Gasteiger partial charge in [-0.15, -0.1) is 11.3 Å². The van der Waals surface area contributed by atoms with Crippen LogP contribution in [0.15, 0.2) is 54.0 Å². The summed E-state index contributed by atoms with van der Waals surface area (Å²) in [6.45, 7) is 6.99. The number of carbonyl (C=O) groups excluding carboxylic acids is 2. The first kappa shape index (κ1) is 21.1. The van der Waals surface area contributed by atoms with E-state index in [1.54, 1.807) is 29.7 Å². The van der Waals surface area contributed by atoms with Crippen molar-refractivity contribution in [3.63, 3.8) is 0 Å². The number of anilines is 1. The summed E-state index contributed by atoms with van der Waals surface area (Å²) in [6, 6.07) is 13.4. The molecule has 1 fully saturated rings. The quantitative estimate of drug-likeness (QED) is 0.666. The molecular formula is C24H26N4O2S. The van der Waals surface area contributed by atoms with Gasteiger partial charge < -0.3 is 15.1 Å². The molecule has 160 valence electrons. The lowest BCUT2D eigenvalue weighted by Crippen LogP contribution is -2.49. The molecular weight excluding hydrogens is 408 g/mol. The minimum atomic E-state index is -0.134. The Morgan fingerprint density at radius 3 is 2.52 bits per heavy atom. The maximum Gasteiger partial charge on any atom is 0.255 e. The lowest BCUT2D eigenvalue weighted by molar-refractivity contribution is 0.0744. The van der Waals surface area contributed by atoms with Crippen molar-refractivity contribution in [1.29, 1.82) is 0 Å². The molecule has 31 heavy (non-hydrogen) atoms. The Hall–Kier alpha value is -3.19. The van der Waals surface area contributed by atoms with Crippen molar-refractivity contribution >= 4 is 29.0 Å². The number of rotatable bonds is 5. The van der Waals surface area contributed by atoms with Crippen LogP contribution in [0.1, 0.15) is 36.7 Å². The summed E-state index contributed by atoms with van der Waals surface area (Å²) in [5.74, 6) is 0.603. The summed E-state index contributed by atoms with van der Waals surface area (Å²) in [7, 11) is 0. The summed E-state index contributed by atoms with van der Waals surface area (Å²) < 4.78 is 0. The van der Waals surface area contributed by atoms with Crippen molar-refractivity contribution in [2.45, 2.75) is 20.4 Å². The molecule has 3 heterocycles. The van der Waals surface area contributed by atoms with Crippen LogP contribution >= 0.6 is 11.3 Å². The zero-order valence-corrected chi connectivity index (χ0v) is 18.6. The number of hydrogen-bond acceptors (Lipinski definition) is 5. The van der Waals surface area contributed by atoms with Gasteiger partial charge in [0.1, 0.15) is 5.82 Å². The molecule has 1 aromatic carbocycles. The Morgan fingerprint density at radius 1 is 1.00 bits per heavy atom. The van der Waals surface area contributed by atoms with Crippen LogP contribution in [-0.2, 0) is 6.54 Å². The Bertz CT molecular complexity index is 1070. The van der Waals surface area contributed by atoms with E-state index in [-0.39, 0.29) is 11.8 Å². The van der Waals surface area contributed by atoms with Gasteiger partial charge in [-0.2, -0.15) is 0 Å². The molecule has 0 atom stereocenters. The van der Waals surface area contributed by atoms with Crippen molar-refractivity contribution in [2.24, 2.45) is 0 Å². The fourth-order valence-corrected chi connectivity index (χ4v) is 4.42. The third-order valence-corrected chi connectivity index (χ3v) is 6.61. The van der Waals surface area contributed by atoms with Crippen molar-refractivity contribution in [3.8, 4) is 0 Å². The van der Waals surface area contributed by atoms with E-state index < -0.39 is 0 Å². The van der Waals surface area contributed by atoms with Gasteiger partial charge in [-0.05, 0) is 54.6 Å². The number of amides is 2. The van der Waals surface area contributed by atoms with Gasteiger partial charge in [-0.3, -0.25) is 9.59 Å². The van der Waals surface area contributed by atoms with E-state index in [2.05, 4.69) is 15.2 Å². The second kappa shape index (κ2) is 9.31. The fourth-order valence-electron chi connectivity index (χ4n) is 3.78. The van der Waals surface area contributed by atoms with Crippen molar-refractivity contribution < 1.29 is 9.59 Å². The molecule has 0 radical (unpaired) electrons. The number of piperazine rings is 1. The smallest absolute Gasteiger partial charge is 0.255 e. The van der Waals surface area contributed by atoms with E-state index in [0.29, 0.717) is 44.1 Å². The van der Waals surface area contributed by atoms with Crippen LogP contribution in [0.2, 0.25) is 0 Å². The fraction of sp³-hybridized carbons (Fsp3) is 0.292. The number of aromatic nitrogens is 1. The predicted molar refractivity (Wildman–Crippen MR) is 124 cm³/mol. The Labute approximate surface area is 186 Å². The van der Waals surface area contributed by atoms with Gasteiger partial charge in [0.05, 0.1) is 12.1 Å². The Kier molecular flexibility index (Phi) is 6.32. The second-order valence-corrected chi connectivity index (χ2v) is 8.70. The Balaban J connectivity index is 1.42. The van der Waals surface area contributed by atoms with Crippen LogP contribution in [0.25, 0.3) is 0 Å². The minimum Gasteiger partial charge on any atom is -0.352 e. The largest absolute Gasteiger partial charge is 0.352 e. The molecule has 0 aliphatic carbocycles. The molecule has 4 rings (SSSR count). The van der Waals surface area contributed by atoms with Crippen LogP contribution in [0.5, 0.6) is 0 Å². The molecule has 0 unspecified atom stereocenters. The van der Waals surface area contributed by atoms with Crippen molar-refractivity contribution in [1.82, 2.24) is 15.2 Å². The van der Waals surface area contributed by atoms with Crippen LogP contribution in [0.3, 0.4) is 0 Å². The summed E-state index contributed by atoms with van der Waals surface area (Å²) in [4.78, 5) is 35.4. The number of aryl methyl sites for hydroxylation is 1. The first-order valence-electron chi connectivity index (χ1n) is 10.4. The van der Waals surface area contributed by atoms with E-state index in [1.807, 2.05) is 54.5 Å². The number of thiophene rings is 1. The summed E-state index contributed by atoms with van der Waals surface area (Å²) in [5, 5.41) is 4.98. The molecule has 3 aromatic rings. The topological polar surface area (TPSA) is 65.5 Å². The third kappa shape index (κ3) is 4.61. The molecule has 1 aliphatic rings. The normalized spacial score (nSPS) is 13.9.